The Morgan fingerprint density at radius 3 is 2.43 bits per heavy atom. The number of rotatable bonds is 5. The van der Waals surface area contributed by atoms with Gasteiger partial charge in [-0.1, -0.05) is 42.4 Å². The fourth-order valence-corrected chi connectivity index (χ4v) is 5.73. The van der Waals surface area contributed by atoms with Gasteiger partial charge in [0.15, 0.2) is 0 Å². The number of carbonyl (C=O) groups excluding carboxylic acids is 1. The summed E-state index contributed by atoms with van der Waals surface area (Å²) in [5.41, 5.74) is 3.40. The topological polar surface area (TPSA) is 41.9 Å². The SMILES string of the molecule is CON=C1CCC(N(C(=O)C2CCC(C)CC2)c2csc(-c3ccccc3)c2)CC1. The monoisotopic (exact) mass is 424 g/mol. The molecule has 160 valence electrons. The lowest BCUT2D eigenvalue weighted by molar-refractivity contribution is -0.124. The second-order valence-corrected chi connectivity index (χ2v) is 9.68. The average Bonchev–Trinajstić information content (AvgIpc) is 3.26. The van der Waals surface area contributed by atoms with Gasteiger partial charge >= 0.3 is 0 Å². The van der Waals surface area contributed by atoms with Crippen molar-refractivity contribution >= 4 is 28.6 Å². The third-order valence-corrected chi connectivity index (χ3v) is 7.61. The molecule has 0 radical (unpaired) electrons. The first-order valence-electron chi connectivity index (χ1n) is 11.2. The molecule has 2 aliphatic rings. The molecule has 4 rings (SSSR count). The van der Waals surface area contributed by atoms with Crippen LogP contribution < -0.4 is 4.90 Å². The molecule has 5 heteroatoms. The van der Waals surface area contributed by atoms with Crippen LogP contribution in [0, 0.1) is 11.8 Å². The summed E-state index contributed by atoms with van der Waals surface area (Å²) in [6.45, 7) is 2.31. The lowest BCUT2D eigenvalue weighted by atomic mass is 9.81. The molecule has 0 atom stereocenters. The van der Waals surface area contributed by atoms with E-state index in [9.17, 15) is 4.79 Å². The van der Waals surface area contributed by atoms with Crippen molar-refractivity contribution < 1.29 is 9.63 Å². The van der Waals surface area contributed by atoms with Gasteiger partial charge in [-0.05, 0) is 68.9 Å². The number of amides is 1. The minimum Gasteiger partial charge on any atom is -0.399 e. The highest BCUT2D eigenvalue weighted by molar-refractivity contribution is 7.14. The number of oxime groups is 1. The van der Waals surface area contributed by atoms with Gasteiger partial charge in [0, 0.05) is 22.2 Å². The average molecular weight is 425 g/mol. The van der Waals surface area contributed by atoms with Crippen LogP contribution in [0.15, 0.2) is 46.9 Å². The Morgan fingerprint density at radius 1 is 1.07 bits per heavy atom. The van der Waals surface area contributed by atoms with Crippen molar-refractivity contribution in [1.82, 2.24) is 0 Å². The minimum atomic E-state index is 0.162. The highest BCUT2D eigenvalue weighted by atomic mass is 32.1. The van der Waals surface area contributed by atoms with Crippen LogP contribution in [0.2, 0.25) is 0 Å². The maximum absolute atomic E-state index is 13.7. The van der Waals surface area contributed by atoms with E-state index in [1.807, 2.05) is 6.07 Å². The molecule has 2 saturated carbocycles. The number of hydrogen-bond acceptors (Lipinski definition) is 4. The summed E-state index contributed by atoms with van der Waals surface area (Å²) in [5, 5.41) is 6.32. The number of carbonyl (C=O) groups is 1. The summed E-state index contributed by atoms with van der Waals surface area (Å²) in [7, 11) is 1.61. The Morgan fingerprint density at radius 2 is 1.77 bits per heavy atom. The van der Waals surface area contributed by atoms with E-state index in [1.165, 1.54) is 23.3 Å². The molecule has 1 aromatic heterocycles. The molecule has 2 fully saturated rings. The summed E-state index contributed by atoms with van der Waals surface area (Å²) in [6.07, 6.45) is 8.09. The van der Waals surface area contributed by atoms with Gasteiger partial charge in [-0.2, -0.15) is 0 Å². The van der Waals surface area contributed by atoms with Gasteiger partial charge in [0.2, 0.25) is 5.91 Å². The van der Waals surface area contributed by atoms with E-state index in [0.29, 0.717) is 5.91 Å². The van der Waals surface area contributed by atoms with Gasteiger partial charge in [0.1, 0.15) is 7.11 Å². The first-order chi connectivity index (χ1) is 14.7. The lowest BCUT2D eigenvalue weighted by Crippen LogP contribution is -2.46. The van der Waals surface area contributed by atoms with Gasteiger partial charge in [-0.25, -0.2) is 0 Å². The predicted molar refractivity (Wildman–Crippen MR) is 125 cm³/mol. The van der Waals surface area contributed by atoms with Gasteiger partial charge in [-0.3, -0.25) is 4.79 Å². The van der Waals surface area contributed by atoms with Gasteiger partial charge in [0.05, 0.1) is 11.4 Å². The molecule has 0 spiro atoms. The number of nitrogens with zero attached hydrogens (tertiary/aromatic N) is 2. The van der Waals surface area contributed by atoms with Crippen molar-refractivity contribution in [2.45, 2.75) is 64.3 Å². The molecule has 1 amide bonds. The molecule has 4 nitrogen and oxygen atoms in total. The fourth-order valence-electron chi connectivity index (χ4n) is 4.84. The van der Waals surface area contributed by atoms with Crippen LogP contribution in [-0.4, -0.2) is 24.8 Å². The molecule has 0 aliphatic heterocycles. The quantitative estimate of drug-likeness (QED) is 0.513. The normalized spacial score (nSPS) is 24.3. The molecular weight excluding hydrogens is 392 g/mol. The van der Waals surface area contributed by atoms with E-state index in [2.05, 4.69) is 52.7 Å². The Bertz CT molecular complexity index is 858. The van der Waals surface area contributed by atoms with Gasteiger partial charge in [-0.15, -0.1) is 11.3 Å². The number of anilines is 1. The highest BCUT2D eigenvalue weighted by Gasteiger charge is 2.34. The van der Waals surface area contributed by atoms with Crippen LogP contribution in [0.5, 0.6) is 0 Å². The fraction of sp³-hybridized carbons (Fsp3) is 0.520. The van der Waals surface area contributed by atoms with Crippen LogP contribution in [0.1, 0.15) is 58.3 Å². The van der Waals surface area contributed by atoms with Crippen molar-refractivity contribution in [1.29, 1.82) is 0 Å². The molecule has 2 aliphatic carbocycles. The van der Waals surface area contributed by atoms with Crippen LogP contribution >= 0.6 is 11.3 Å². The van der Waals surface area contributed by atoms with Crippen molar-refractivity contribution in [2.24, 2.45) is 17.0 Å². The minimum absolute atomic E-state index is 0.162. The molecule has 1 aromatic carbocycles. The lowest BCUT2D eigenvalue weighted by Gasteiger charge is -2.37. The van der Waals surface area contributed by atoms with E-state index in [1.54, 1.807) is 18.4 Å². The van der Waals surface area contributed by atoms with Crippen molar-refractivity contribution in [3.05, 3.63) is 41.8 Å². The summed E-state index contributed by atoms with van der Waals surface area (Å²) in [5.74, 6) is 1.24. The van der Waals surface area contributed by atoms with Gasteiger partial charge < -0.3 is 9.74 Å². The largest absolute Gasteiger partial charge is 0.399 e. The predicted octanol–water partition coefficient (Wildman–Crippen LogP) is 6.52. The standard InChI is InChI=1S/C25H32N2O2S/c1-18-8-10-20(11-9-18)25(28)27(22-14-12-21(13-15-22)26-29-2)23-16-24(30-17-23)19-6-4-3-5-7-19/h3-7,16-18,20,22H,8-15H2,1-2H3. The second-order valence-electron chi connectivity index (χ2n) is 8.77. The van der Waals surface area contributed by atoms with Crippen molar-refractivity contribution in [3.8, 4) is 10.4 Å². The van der Waals surface area contributed by atoms with E-state index in [4.69, 9.17) is 4.84 Å². The van der Waals surface area contributed by atoms with Crippen molar-refractivity contribution in [2.75, 3.05) is 12.0 Å². The number of thiophene rings is 1. The Kier molecular flexibility index (Phi) is 6.88. The Labute approximate surface area is 183 Å². The van der Waals surface area contributed by atoms with Crippen LogP contribution in [0.4, 0.5) is 5.69 Å². The number of hydrogen-bond donors (Lipinski definition) is 0. The van der Waals surface area contributed by atoms with E-state index in [-0.39, 0.29) is 12.0 Å². The molecule has 2 aromatic rings. The Hall–Kier alpha value is -2.14. The molecule has 0 unspecified atom stereocenters. The molecule has 0 bridgehead atoms. The van der Waals surface area contributed by atoms with E-state index in [0.717, 1.165) is 55.8 Å². The highest BCUT2D eigenvalue weighted by Crippen LogP contribution is 2.38. The molecule has 0 N–H and O–H groups in total. The first-order valence-corrected chi connectivity index (χ1v) is 12.1. The third-order valence-electron chi connectivity index (χ3n) is 6.64. The summed E-state index contributed by atoms with van der Waals surface area (Å²) < 4.78 is 0. The third kappa shape index (κ3) is 4.77. The Balaban J connectivity index is 1.58. The zero-order valence-corrected chi connectivity index (χ0v) is 18.9. The maximum atomic E-state index is 13.7. The van der Waals surface area contributed by atoms with E-state index < -0.39 is 0 Å². The van der Waals surface area contributed by atoms with Crippen LogP contribution in [0.25, 0.3) is 10.4 Å². The summed E-state index contributed by atoms with van der Waals surface area (Å²) >= 11 is 1.73. The van der Waals surface area contributed by atoms with Crippen LogP contribution in [-0.2, 0) is 9.63 Å². The molecule has 30 heavy (non-hydrogen) atoms. The van der Waals surface area contributed by atoms with E-state index >= 15 is 0 Å². The zero-order valence-electron chi connectivity index (χ0n) is 18.0. The molecule has 1 heterocycles. The molecular formula is C25H32N2O2S. The second kappa shape index (κ2) is 9.78. The van der Waals surface area contributed by atoms with Gasteiger partial charge in [0.25, 0.3) is 0 Å². The first kappa shape index (κ1) is 21.1. The van der Waals surface area contributed by atoms with Crippen molar-refractivity contribution in [3.63, 3.8) is 0 Å². The number of benzene rings is 1. The van der Waals surface area contributed by atoms with Crippen LogP contribution in [0.3, 0.4) is 0 Å². The maximum Gasteiger partial charge on any atom is 0.230 e. The summed E-state index contributed by atoms with van der Waals surface area (Å²) in [6, 6.07) is 12.9. The molecule has 0 saturated heterocycles. The smallest absolute Gasteiger partial charge is 0.230 e. The summed E-state index contributed by atoms with van der Waals surface area (Å²) in [4.78, 5) is 22.1. The zero-order chi connectivity index (χ0) is 20.9.